The maximum atomic E-state index is 13.1. The molecule has 1 aliphatic rings. The topological polar surface area (TPSA) is 116 Å². The van der Waals surface area contributed by atoms with Crippen LogP contribution in [-0.2, 0) is 30.1 Å². The lowest BCUT2D eigenvalue weighted by Crippen LogP contribution is -2.43. The molecule has 1 saturated heterocycles. The third-order valence-corrected chi connectivity index (χ3v) is 5.20. The average Bonchev–Trinajstić information content (AvgIpc) is 2.73. The van der Waals surface area contributed by atoms with Crippen LogP contribution >= 0.6 is 11.6 Å². The molecule has 3 rings (SSSR count). The Morgan fingerprint density at radius 2 is 1.72 bits per heavy atom. The molecule has 1 aromatic heterocycles. The lowest BCUT2D eigenvalue weighted by Gasteiger charge is -2.30. The van der Waals surface area contributed by atoms with E-state index in [-0.39, 0.29) is 10.9 Å². The summed E-state index contributed by atoms with van der Waals surface area (Å²) in [6, 6.07) is 3.37. The lowest BCUT2D eigenvalue weighted by atomic mass is 10.1. The summed E-state index contributed by atoms with van der Waals surface area (Å²) in [5, 5.41) is 3.91. The Morgan fingerprint density at radius 1 is 1.09 bits per heavy atom. The standard InChI is InChI=1S/C20H23BClN3O7/c1-4-24-11-15(20(29)32-21(30-12(2)26)31-13(3)27)19(28)14-9-16(22)18(10-17(14)24)25-7-5-23-6-8-25/h9-11,23H,4-8H2,1-3H3. The van der Waals surface area contributed by atoms with Crippen LogP contribution < -0.4 is 15.6 Å². The Morgan fingerprint density at radius 3 is 2.28 bits per heavy atom. The van der Waals surface area contributed by atoms with E-state index in [2.05, 4.69) is 19.5 Å². The van der Waals surface area contributed by atoms with Crippen LogP contribution in [0.2, 0.25) is 5.02 Å². The van der Waals surface area contributed by atoms with Crippen LogP contribution in [0.15, 0.2) is 23.1 Å². The molecule has 170 valence electrons. The Bertz CT molecular complexity index is 1100. The molecule has 0 spiro atoms. The van der Waals surface area contributed by atoms with Crippen molar-refractivity contribution in [2.45, 2.75) is 27.3 Å². The van der Waals surface area contributed by atoms with Gasteiger partial charge in [0.2, 0.25) is 5.43 Å². The van der Waals surface area contributed by atoms with Crippen LogP contribution in [0.1, 0.15) is 31.1 Å². The smallest absolute Gasteiger partial charge is 0.462 e. The zero-order valence-corrected chi connectivity index (χ0v) is 18.7. The highest BCUT2D eigenvalue weighted by Gasteiger charge is 2.36. The van der Waals surface area contributed by atoms with Crippen LogP contribution in [0, 0.1) is 0 Å². The number of hydrogen-bond acceptors (Lipinski definition) is 9. The van der Waals surface area contributed by atoms with E-state index < -0.39 is 30.7 Å². The molecule has 2 heterocycles. The van der Waals surface area contributed by atoms with Crippen LogP contribution in [0.3, 0.4) is 0 Å². The number of aryl methyl sites for hydroxylation is 1. The minimum absolute atomic E-state index is 0.238. The Labute approximate surface area is 189 Å². The fourth-order valence-electron chi connectivity index (χ4n) is 3.45. The first-order valence-corrected chi connectivity index (χ1v) is 10.5. The predicted molar refractivity (Wildman–Crippen MR) is 119 cm³/mol. The molecule has 0 aliphatic carbocycles. The first-order chi connectivity index (χ1) is 15.2. The SMILES string of the molecule is CCn1cc(C(=O)OB(OC(C)=O)OC(C)=O)c(=O)c2cc(Cl)c(N3CCNCC3)cc21. The van der Waals surface area contributed by atoms with Gasteiger partial charge < -0.3 is 28.7 Å². The van der Waals surface area contributed by atoms with Crippen molar-refractivity contribution in [1.29, 1.82) is 0 Å². The van der Waals surface area contributed by atoms with E-state index >= 15 is 0 Å². The fraction of sp³-hybridized carbons (Fsp3) is 0.400. The minimum atomic E-state index is -1.90. The largest absolute Gasteiger partial charge is 0.870 e. The zero-order chi connectivity index (χ0) is 23.4. The summed E-state index contributed by atoms with van der Waals surface area (Å²) in [6.07, 6.45) is 1.36. The van der Waals surface area contributed by atoms with Gasteiger partial charge in [0.1, 0.15) is 5.56 Å². The van der Waals surface area contributed by atoms with Crippen molar-refractivity contribution >= 4 is 53.4 Å². The number of carbonyl (C=O) groups is 3. The molecule has 1 fully saturated rings. The van der Waals surface area contributed by atoms with E-state index in [0.29, 0.717) is 17.1 Å². The van der Waals surface area contributed by atoms with E-state index in [4.69, 9.17) is 16.3 Å². The number of benzene rings is 1. The lowest BCUT2D eigenvalue weighted by molar-refractivity contribution is -0.139. The summed E-state index contributed by atoms with van der Waals surface area (Å²) >= 11 is 6.49. The molecule has 0 unspecified atom stereocenters. The molecule has 0 radical (unpaired) electrons. The number of halogens is 1. The highest BCUT2D eigenvalue weighted by atomic mass is 35.5. The summed E-state index contributed by atoms with van der Waals surface area (Å²) in [4.78, 5) is 50.3. The molecule has 0 bridgehead atoms. The van der Waals surface area contributed by atoms with E-state index in [1.54, 1.807) is 4.57 Å². The van der Waals surface area contributed by atoms with Crippen LogP contribution in [-0.4, -0.2) is 56.0 Å². The number of fused-ring (bicyclic) bond motifs is 1. The normalized spacial score (nSPS) is 13.6. The van der Waals surface area contributed by atoms with Gasteiger partial charge in [-0.2, -0.15) is 0 Å². The molecular formula is C20H23BClN3O7. The number of pyridine rings is 1. The third-order valence-electron chi connectivity index (χ3n) is 4.89. The van der Waals surface area contributed by atoms with E-state index in [0.717, 1.165) is 45.7 Å². The second-order valence-electron chi connectivity index (χ2n) is 7.13. The number of piperazine rings is 1. The van der Waals surface area contributed by atoms with Gasteiger partial charge >= 0.3 is 13.3 Å². The third kappa shape index (κ3) is 5.22. The Kier molecular flexibility index (Phi) is 7.42. The Hall–Kier alpha value is -3.05. The quantitative estimate of drug-likeness (QED) is 0.634. The summed E-state index contributed by atoms with van der Waals surface area (Å²) in [5.74, 6) is -2.77. The van der Waals surface area contributed by atoms with Crippen molar-refractivity contribution in [2.24, 2.45) is 0 Å². The molecule has 0 saturated carbocycles. The predicted octanol–water partition coefficient (Wildman–Crippen LogP) is 1.35. The van der Waals surface area contributed by atoms with Crippen LogP contribution in [0.25, 0.3) is 10.9 Å². The van der Waals surface area contributed by atoms with Crippen molar-refractivity contribution < 1.29 is 28.3 Å². The van der Waals surface area contributed by atoms with Crippen molar-refractivity contribution in [1.82, 2.24) is 9.88 Å². The van der Waals surface area contributed by atoms with Gasteiger partial charge in [-0.3, -0.25) is 14.4 Å². The summed E-state index contributed by atoms with van der Waals surface area (Å²) in [6.45, 7) is 7.64. The number of rotatable bonds is 6. The summed E-state index contributed by atoms with van der Waals surface area (Å²) in [5.41, 5.74) is 0.508. The molecule has 12 heteroatoms. The van der Waals surface area contributed by atoms with Crippen LogP contribution in [0.4, 0.5) is 5.69 Å². The maximum Gasteiger partial charge on any atom is 0.870 e. The molecule has 10 nitrogen and oxygen atoms in total. The first kappa shape index (κ1) is 23.6. The molecule has 0 atom stereocenters. The van der Waals surface area contributed by atoms with Gasteiger partial charge in [0, 0.05) is 58.2 Å². The van der Waals surface area contributed by atoms with Crippen molar-refractivity contribution in [3.05, 3.63) is 39.1 Å². The fourth-order valence-corrected chi connectivity index (χ4v) is 3.73. The van der Waals surface area contributed by atoms with E-state index in [9.17, 15) is 19.2 Å². The molecule has 1 N–H and O–H groups in total. The molecule has 0 amide bonds. The highest BCUT2D eigenvalue weighted by Crippen LogP contribution is 2.30. The first-order valence-electron chi connectivity index (χ1n) is 10.1. The molecule has 1 aromatic carbocycles. The van der Waals surface area contributed by atoms with Gasteiger partial charge in [0.25, 0.3) is 11.9 Å². The van der Waals surface area contributed by atoms with E-state index in [1.165, 1.54) is 12.3 Å². The monoisotopic (exact) mass is 463 g/mol. The van der Waals surface area contributed by atoms with Gasteiger partial charge in [-0.1, -0.05) is 11.6 Å². The highest BCUT2D eigenvalue weighted by molar-refractivity contribution is 6.44. The number of anilines is 1. The second kappa shape index (κ2) is 10.1. The van der Waals surface area contributed by atoms with Gasteiger partial charge in [-0.05, 0) is 19.1 Å². The number of carbonyl (C=O) groups excluding carboxylic acids is 3. The number of aromatic nitrogens is 1. The maximum absolute atomic E-state index is 13.1. The molecular weight excluding hydrogens is 440 g/mol. The second-order valence-corrected chi connectivity index (χ2v) is 7.54. The van der Waals surface area contributed by atoms with Crippen LogP contribution in [0.5, 0.6) is 0 Å². The molecule has 32 heavy (non-hydrogen) atoms. The van der Waals surface area contributed by atoms with E-state index in [1.807, 2.05) is 13.0 Å². The van der Waals surface area contributed by atoms with Gasteiger partial charge in [0.05, 0.1) is 16.2 Å². The van der Waals surface area contributed by atoms with Gasteiger partial charge in [0.15, 0.2) is 0 Å². The minimum Gasteiger partial charge on any atom is -0.462 e. The molecule has 1 aliphatic heterocycles. The van der Waals surface area contributed by atoms with Crippen molar-refractivity contribution in [3.8, 4) is 0 Å². The summed E-state index contributed by atoms with van der Waals surface area (Å²) < 4.78 is 16.0. The summed E-state index contributed by atoms with van der Waals surface area (Å²) in [7, 11) is -1.90. The number of nitrogens with one attached hydrogen (secondary N) is 1. The number of hydrogen-bond donors (Lipinski definition) is 1. The van der Waals surface area contributed by atoms with Crippen molar-refractivity contribution in [2.75, 3.05) is 31.1 Å². The van der Waals surface area contributed by atoms with Crippen molar-refractivity contribution in [3.63, 3.8) is 0 Å². The molecule has 2 aromatic rings. The van der Waals surface area contributed by atoms with Gasteiger partial charge in [-0.25, -0.2) is 4.79 Å². The van der Waals surface area contributed by atoms with Gasteiger partial charge in [-0.15, -0.1) is 0 Å². The Balaban J connectivity index is 2.02. The zero-order valence-electron chi connectivity index (χ0n) is 18.0. The average molecular weight is 464 g/mol. The number of nitrogens with zero attached hydrogens (tertiary/aromatic N) is 2.